The van der Waals surface area contributed by atoms with E-state index in [4.69, 9.17) is 9.47 Å². The Bertz CT molecular complexity index is 1120. The second kappa shape index (κ2) is 10.3. The first kappa shape index (κ1) is 32.0. The highest BCUT2D eigenvalue weighted by Gasteiger charge is 2.63. The Morgan fingerprint density at radius 3 is 2.10 bits per heavy atom. The number of hydrogen-bond acceptors (Lipinski definition) is 4. The van der Waals surface area contributed by atoms with Gasteiger partial charge in [0.25, 0.3) is 0 Å². The van der Waals surface area contributed by atoms with E-state index in [2.05, 4.69) is 54.5 Å². The molecule has 0 amide bonds. The molecule has 9 atom stereocenters. The van der Waals surface area contributed by atoms with Crippen LogP contribution in [-0.4, -0.2) is 36.4 Å². The lowest BCUT2D eigenvalue weighted by Gasteiger charge is -2.64. The van der Waals surface area contributed by atoms with E-state index in [1.54, 1.807) is 19.4 Å². The van der Waals surface area contributed by atoms with Crippen molar-refractivity contribution in [1.29, 1.82) is 0 Å². The lowest BCUT2D eigenvalue weighted by molar-refractivity contribution is -0.179. The molecule has 5 heteroatoms. The fourth-order valence-corrected chi connectivity index (χ4v) is 12.2. The van der Waals surface area contributed by atoms with Crippen LogP contribution in [0, 0.1) is 56.2 Å². The Kier molecular flexibility index (Phi) is 7.89. The fourth-order valence-electron chi connectivity index (χ4n) is 12.2. The summed E-state index contributed by atoms with van der Waals surface area (Å²) in [5, 5.41) is 9.52. The maximum Gasteiger partial charge on any atom is 0.309 e. The number of hydrogen-bond donors (Lipinski definition) is 1. The van der Waals surface area contributed by atoms with Crippen LogP contribution in [0.2, 0.25) is 0 Å². The molecule has 0 aromatic carbocycles. The van der Waals surface area contributed by atoms with Crippen LogP contribution in [0.25, 0.3) is 0 Å². The molecule has 4 saturated carbocycles. The molecule has 238 valence electrons. The van der Waals surface area contributed by atoms with Gasteiger partial charge in [0.2, 0.25) is 0 Å². The number of carboxylic acid groups (broad SMARTS) is 1. The molecule has 0 radical (unpaired) electrons. The summed E-state index contributed by atoms with van der Waals surface area (Å²) in [4.78, 5) is 24.6. The molecular weight excluding hydrogens is 524 g/mol. The number of carbonyl (C=O) groups excluding carboxylic acids is 1. The van der Waals surface area contributed by atoms with Crippen LogP contribution >= 0.6 is 0 Å². The summed E-state index contributed by atoms with van der Waals surface area (Å²) in [7, 11) is 1.91. The quantitative estimate of drug-likeness (QED) is 0.258. The van der Waals surface area contributed by atoms with Crippen molar-refractivity contribution in [2.24, 2.45) is 56.2 Å². The number of fused-ring (bicyclic) bond motifs is 6. The number of esters is 1. The number of rotatable bonds is 5. The van der Waals surface area contributed by atoms with Crippen molar-refractivity contribution < 1.29 is 24.2 Å². The highest BCUT2D eigenvalue weighted by atomic mass is 16.5. The second-order valence-electron chi connectivity index (χ2n) is 18.0. The van der Waals surface area contributed by atoms with Gasteiger partial charge in [-0.2, -0.15) is 0 Å². The second-order valence-corrected chi connectivity index (χ2v) is 18.0. The van der Waals surface area contributed by atoms with E-state index >= 15 is 0 Å². The van der Waals surface area contributed by atoms with Gasteiger partial charge in [-0.1, -0.05) is 60.1 Å². The van der Waals surface area contributed by atoms with Gasteiger partial charge >= 0.3 is 11.9 Å². The normalized spacial score (nSPS) is 44.3. The van der Waals surface area contributed by atoms with Crippen LogP contribution in [0.4, 0.5) is 0 Å². The Balaban J connectivity index is 1.38. The van der Waals surface area contributed by atoms with Gasteiger partial charge in [0.05, 0.1) is 17.9 Å². The molecule has 5 rings (SSSR count). The summed E-state index contributed by atoms with van der Waals surface area (Å²) in [6, 6.07) is 0. The molecule has 0 spiro atoms. The van der Waals surface area contributed by atoms with E-state index in [9.17, 15) is 14.7 Å². The molecule has 5 aliphatic rings. The summed E-state index contributed by atoms with van der Waals surface area (Å²) in [5.41, 5.74) is 1.54. The number of aliphatic carboxylic acids is 1. The predicted molar refractivity (Wildman–Crippen MR) is 167 cm³/mol. The highest BCUT2D eigenvalue weighted by Crippen LogP contribution is 2.70. The summed E-state index contributed by atoms with van der Waals surface area (Å²) >= 11 is 0. The van der Waals surface area contributed by atoms with Crippen molar-refractivity contribution in [2.45, 2.75) is 145 Å². The Morgan fingerprint density at radius 1 is 0.833 bits per heavy atom. The summed E-state index contributed by atoms with van der Waals surface area (Å²) in [6.45, 7) is 20.6. The van der Waals surface area contributed by atoms with Gasteiger partial charge in [0, 0.05) is 12.5 Å². The molecular formula is C37H60O5. The molecule has 0 aromatic heterocycles. The Hall–Kier alpha value is -1.36. The van der Waals surface area contributed by atoms with Crippen molar-refractivity contribution in [3.05, 3.63) is 11.6 Å². The SMILES string of the molecule is CO[C@@H]1CC[C@@]2(C)C(CC[C@@]3(C)CC4=CC[C@H]5C(C)(C)[C@H](OC(=O)CC(C)(C)C(=O)O)CC[C@]5(C)[C@H]4CCC32)C1(C)C. The van der Waals surface area contributed by atoms with Crippen molar-refractivity contribution in [1.82, 2.24) is 0 Å². The average molecular weight is 585 g/mol. The maximum absolute atomic E-state index is 12.9. The van der Waals surface area contributed by atoms with Crippen molar-refractivity contribution >= 4 is 11.9 Å². The van der Waals surface area contributed by atoms with Crippen molar-refractivity contribution in [2.75, 3.05) is 7.11 Å². The number of methoxy groups -OCH3 is 1. The molecule has 0 heterocycles. The largest absolute Gasteiger partial charge is 0.481 e. The van der Waals surface area contributed by atoms with Gasteiger partial charge in [0.1, 0.15) is 6.10 Å². The molecule has 4 fully saturated rings. The van der Waals surface area contributed by atoms with Gasteiger partial charge in [-0.15, -0.1) is 0 Å². The Morgan fingerprint density at radius 2 is 1.45 bits per heavy atom. The third-order valence-electron chi connectivity index (χ3n) is 14.5. The molecule has 0 saturated heterocycles. The average Bonchev–Trinajstić information content (AvgIpc) is 3.02. The van der Waals surface area contributed by atoms with Gasteiger partial charge in [-0.25, -0.2) is 0 Å². The van der Waals surface area contributed by atoms with Crippen LogP contribution in [-0.2, 0) is 19.1 Å². The molecule has 0 aromatic rings. The standard InChI is InChI=1S/C37H60O5/c1-32(2,31(39)40)22-30(38)42-29-17-19-36(8)24-12-14-27-35(7,21-23(24)11-13-25(36)34(29,5)6)18-15-26-33(3,4)28(41-10)16-20-37(26,27)9/h11,24-29H,12-22H2,1-10H3,(H,39,40)/t24-,25-,26?,27?,28+,29+,35-,36+,37-/m0/s1. The smallest absolute Gasteiger partial charge is 0.309 e. The summed E-state index contributed by atoms with van der Waals surface area (Å²) in [6.07, 6.45) is 14.6. The highest BCUT2D eigenvalue weighted by molar-refractivity contribution is 5.81. The fraction of sp³-hybridized carbons (Fsp3) is 0.892. The molecule has 0 bridgehead atoms. The summed E-state index contributed by atoms with van der Waals surface area (Å²) < 4.78 is 12.2. The zero-order chi connectivity index (χ0) is 31.1. The number of carbonyl (C=O) groups is 2. The first-order valence-electron chi connectivity index (χ1n) is 17.0. The number of allylic oxidation sites excluding steroid dienone is 2. The van der Waals surface area contributed by atoms with E-state index in [-0.39, 0.29) is 34.7 Å². The van der Waals surface area contributed by atoms with E-state index in [1.807, 2.05) is 7.11 Å². The lowest BCUT2D eigenvalue weighted by atomic mass is 9.42. The number of carboxylic acids is 1. The first-order chi connectivity index (χ1) is 19.3. The van der Waals surface area contributed by atoms with Gasteiger partial charge < -0.3 is 14.6 Å². The summed E-state index contributed by atoms with van der Waals surface area (Å²) in [5.74, 6) is 1.12. The molecule has 2 unspecified atom stereocenters. The third-order valence-corrected chi connectivity index (χ3v) is 14.5. The maximum atomic E-state index is 12.9. The van der Waals surface area contributed by atoms with Crippen LogP contribution in [0.15, 0.2) is 11.6 Å². The molecule has 0 aliphatic heterocycles. The van der Waals surface area contributed by atoms with E-state index in [1.165, 1.54) is 44.9 Å². The number of ether oxygens (including phenoxy) is 2. The zero-order valence-electron chi connectivity index (χ0n) is 28.4. The predicted octanol–water partition coefficient (Wildman–Crippen LogP) is 8.85. The molecule has 5 nitrogen and oxygen atoms in total. The van der Waals surface area contributed by atoms with Crippen LogP contribution < -0.4 is 0 Å². The molecule has 5 aliphatic carbocycles. The monoisotopic (exact) mass is 584 g/mol. The minimum absolute atomic E-state index is 0.0921. The topological polar surface area (TPSA) is 72.8 Å². The zero-order valence-corrected chi connectivity index (χ0v) is 28.4. The van der Waals surface area contributed by atoms with Gasteiger partial charge in [-0.3, -0.25) is 9.59 Å². The van der Waals surface area contributed by atoms with Crippen LogP contribution in [0.5, 0.6) is 0 Å². The van der Waals surface area contributed by atoms with E-state index < -0.39 is 11.4 Å². The van der Waals surface area contributed by atoms with Crippen molar-refractivity contribution in [3.63, 3.8) is 0 Å². The first-order valence-corrected chi connectivity index (χ1v) is 17.0. The molecule has 1 N–H and O–H groups in total. The minimum Gasteiger partial charge on any atom is -0.481 e. The van der Waals surface area contributed by atoms with Gasteiger partial charge in [0.15, 0.2) is 0 Å². The Labute approximate surface area is 256 Å². The minimum atomic E-state index is -1.12. The van der Waals surface area contributed by atoms with E-state index in [0.717, 1.165) is 25.2 Å². The van der Waals surface area contributed by atoms with E-state index in [0.29, 0.717) is 34.7 Å². The lowest BCUT2D eigenvalue weighted by Crippen LogP contribution is -2.58. The molecule has 42 heavy (non-hydrogen) atoms. The van der Waals surface area contributed by atoms with Crippen molar-refractivity contribution in [3.8, 4) is 0 Å². The van der Waals surface area contributed by atoms with Crippen LogP contribution in [0.1, 0.15) is 133 Å². The van der Waals surface area contributed by atoms with Gasteiger partial charge in [-0.05, 0) is 123 Å². The third kappa shape index (κ3) is 4.81. The van der Waals surface area contributed by atoms with Crippen LogP contribution in [0.3, 0.4) is 0 Å².